The number of ether oxygens (including phenoxy) is 2. The number of hydrogen-bond acceptors (Lipinski definition) is 5. The largest absolute Gasteiger partial charge is 0.494 e. The second-order valence-corrected chi connectivity index (χ2v) is 7.98. The van der Waals surface area contributed by atoms with Gasteiger partial charge in [-0.1, -0.05) is 0 Å². The lowest BCUT2D eigenvalue weighted by molar-refractivity contribution is 0.254. The number of guanidine groups is 1. The summed E-state index contributed by atoms with van der Waals surface area (Å²) < 4.78 is 11.8. The minimum atomic E-state index is 0.232. The van der Waals surface area contributed by atoms with Gasteiger partial charge < -0.3 is 29.9 Å². The molecule has 0 amide bonds. The van der Waals surface area contributed by atoms with E-state index < -0.39 is 0 Å². The predicted molar refractivity (Wildman–Crippen MR) is 118 cm³/mol. The summed E-state index contributed by atoms with van der Waals surface area (Å²) in [5.74, 6) is 2.72. The van der Waals surface area contributed by atoms with Gasteiger partial charge in [0.15, 0.2) is 5.96 Å². The van der Waals surface area contributed by atoms with E-state index >= 15 is 0 Å². The predicted octanol–water partition coefficient (Wildman–Crippen LogP) is 1.71. The van der Waals surface area contributed by atoms with Gasteiger partial charge in [-0.25, -0.2) is 0 Å². The number of benzene rings is 1. The fourth-order valence-electron chi connectivity index (χ4n) is 3.97. The molecule has 0 radical (unpaired) electrons. The number of nitrogens with zero attached hydrogens (tertiary/aromatic N) is 3. The van der Waals surface area contributed by atoms with Crippen LogP contribution in [0.4, 0.5) is 0 Å². The summed E-state index contributed by atoms with van der Waals surface area (Å²) in [6.45, 7) is 12.0. The summed E-state index contributed by atoms with van der Waals surface area (Å²) in [5, 5.41) is 6.86. The molecule has 0 spiro atoms. The molecule has 29 heavy (non-hydrogen) atoms. The Morgan fingerprint density at radius 2 is 2.10 bits per heavy atom. The van der Waals surface area contributed by atoms with Crippen LogP contribution in [0, 0.1) is 0 Å². The highest BCUT2D eigenvalue weighted by Crippen LogP contribution is 2.35. The SMILES string of the molecule is CCOc1cc2c(cc1CNC(=NC)NCCN1CCCN(C)CC1)OC(C)C2. The molecule has 0 aliphatic carbocycles. The highest BCUT2D eigenvalue weighted by molar-refractivity contribution is 5.79. The third-order valence-electron chi connectivity index (χ3n) is 5.58. The quantitative estimate of drug-likeness (QED) is 0.534. The summed E-state index contributed by atoms with van der Waals surface area (Å²) in [6.07, 6.45) is 2.41. The molecule has 1 saturated heterocycles. The summed E-state index contributed by atoms with van der Waals surface area (Å²) in [4.78, 5) is 9.30. The lowest BCUT2D eigenvalue weighted by atomic mass is 10.1. The Morgan fingerprint density at radius 1 is 1.24 bits per heavy atom. The Morgan fingerprint density at radius 3 is 2.90 bits per heavy atom. The molecule has 1 fully saturated rings. The van der Waals surface area contributed by atoms with Crippen molar-refractivity contribution in [3.63, 3.8) is 0 Å². The lowest BCUT2D eigenvalue weighted by Gasteiger charge is -2.21. The van der Waals surface area contributed by atoms with Gasteiger partial charge in [-0.3, -0.25) is 4.99 Å². The first-order valence-corrected chi connectivity index (χ1v) is 10.9. The number of likely N-dealkylation sites (N-methyl/N-ethyl adjacent to an activating group) is 1. The van der Waals surface area contributed by atoms with Crippen LogP contribution in [0.2, 0.25) is 0 Å². The second-order valence-electron chi connectivity index (χ2n) is 7.98. The zero-order valence-corrected chi connectivity index (χ0v) is 18.5. The molecule has 1 aromatic carbocycles. The Hall–Kier alpha value is -1.99. The van der Waals surface area contributed by atoms with Gasteiger partial charge in [0.1, 0.15) is 17.6 Å². The van der Waals surface area contributed by atoms with E-state index in [4.69, 9.17) is 9.47 Å². The molecule has 0 saturated carbocycles. The average Bonchev–Trinajstić information content (AvgIpc) is 2.93. The van der Waals surface area contributed by atoms with Crippen molar-refractivity contribution >= 4 is 5.96 Å². The van der Waals surface area contributed by atoms with Crippen LogP contribution in [0.5, 0.6) is 11.5 Å². The van der Waals surface area contributed by atoms with E-state index in [2.05, 4.69) is 51.5 Å². The Balaban J connectivity index is 1.51. The van der Waals surface area contributed by atoms with Crippen molar-refractivity contribution in [3.05, 3.63) is 23.3 Å². The van der Waals surface area contributed by atoms with Crippen LogP contribution in [0.15, 0.2) is 17.1 Å². The van der Waals surface area contributed by atoms with E-state index in [1.807, 2.05) is 14.0 Å². The fraction of sp³-hybridized carbons (Fsp3) is 0.682. The Labute approximate surface area is 175 Å². The van der Waals surface area contributed by atoms with Crippen molar-refractivity contribution in [1.82, 2.24) is 20.4 Å². The van der Waals surface area contributed by atoms with Gasteiger partial charge in [0.05, 0.1) is 6.61 Å². The van der Waals surface area contributed by atoms with Gasteiger partial charge in [-0.15, -0.1) is 0 Å². The molecular formula is C22H37N5O2. The molecule has 3 rings (SSSR count). The Bertz CT molecular complexity index is 694. The van der Waals surface area contributed by atoms with Crippen LogP contribution in [0.3, 0.4) is 0 Å². The van der Waals surface area contributed by atoms with Crippen molar-refractivity contribution in [3.8, 4) is 11.5 Å². The van der Waals surface area contributed by atoms with Crippen molar-refractivity contribution < 1.29 is 9.47 Å². The van der Waals surface area contributed by atoms with Gasteiger partial charge in [0.2, 0.25) is 0 Å². The number of nitrogens with one attached hydrogen (secondary N) is 2. The van der Waals surface area contributed by atoms with Crippen LogP contribution in [-0.4, -0.2) is 81.8 Å². The van der Waals surface area contributed by atoms with Crippen molar-refractivity contribution in [2.24, 2.45) is 4.99 Å². The van der Waals surface area contributed by atoms with E-state index in [1.54, 1.807) is 0 Å². The van der Waals surface area contributed by atoms with Crippen molar-refractivity contribution in [2.45, 2.75) is 39.3 Å². The smallest absolute Gasteiger partial charge is 0.191 e. The van der Waals surface area contributed by atoms with Gasteiger partial charge in [0, 0.05) is 57.3 Å². The van der Waals surface area contributed by atoms with Crippen LogP contribution in [0.1, 0.15) is 31.4 Å². The van der Waals surface area contributed by atoms with Gasteiger partial charge in [-0.2, -0.15) is 0 Å². The molecule has 1 unspecified atom stereocenters. The van der Waals surface area contributed by atoms with E-state index in [9.17, 15) is 0 Å². The molecule has 1 aromatic rings. The zero-order valence-electron chi connectivity index (χ0n) is 18.5. The van der Waals surface area contributed by atoms with Crippen LogP contribution in [-0.2, 0) is 13.0 Å². The van der Waals surface area contributed by atoms with Crippen LogP contribution in [0.25, 0.3) is 0 Å². The minimum absolute atomic E-state index is 0.232. The highest BCUT2D eigenvalue weighted by Gasteiger charge is 2.22. The minimum Gasteiger partial charge on any atom is -0.494 e. The maximum atomic E-state index is 5.93. The summed E-state index contributed by atoms with van der Waals surface area (Å²) in [5.41, 5.74) is 2.33. The fourth-order valence-corrected chi connectivity index (χ4v) is 3.97. The second kappa shape index (κ2) is 10.7. The van der Waals surface area contributed by atoms with Gasteiger partial charge >= 0.3 is 0 Å². The summed E-state index contributed by atoms with van der Waals surface area (Å²) in [6, 6.07) is 4.24. The van der Waals surface area contributed by atoms with Crippen LogP contribution < -0.4 is 20.1 Å². The molecule has 2 heterocycles. The first-order chi connectivity index (χ1) is 14.1. The van der Waals surface area contributed by atoms with Gasteiger partial charge in [0.25, 0.3) is 0 Å². The molecule has 7 nitrogen and oxygen atoms in total. The maximum absolute atomic E-state index is 5.93. The monoisotopic (exact) mass is 403 g/mol. The summed E-state index contributed by atoms with van der Waals surface area (Å²) in [7, 11) is 4.02. The first-order valence-electron chi connectivity index (χ1n) is 10.9. The molecule has 2 N–H and O–H groups in total. The normalized spacial score (nSPS) is 20.7. The third-order valence-corrected chi connectivity index (χ3v) is 5.58. The molecule has 0 aromatic heterocycles. The lowest BCUT2D eigenvalue weighted by Crippen LogP contribution is -2.42. The van der Waals surface area contributed by atoms with E-state index in [0.717, 1.165) is 55.6 Å². The van der Waals surface area contributed by atoms with E-state index in [-0.39, 0.29) is 6.10 Å². The number of fused-ring (bicyclic) bond motifs is 1. The summed E-state index contributed by atoms with van der Waals surface area (Å²) >= 11 is 0. The standard InChI is InChI=1S/C22H37N5O2/c1-5-28-20-14-18-13-17(2)29-21(18)15-19(20)16-25-22(23-3)24-7-10-27-9-6-8-26(4)11-12-27/h14-15,17H,5-13,16H2,1-4H3,(H2,23,24,25). The topological polar surface area (TPSA) is 61.4 Å². The van der Waals surface area contributed by atoms with Gasteiger partial charge in [-0.05, 0) is 52.5 Å². The zero-order chi connectivity index (χ0) is 20.6. The van der Waals surface area contributed by atoms with Crippen LogP contribution >= 0.6 is 0 Å². The first kappa shape index (κ1) is 21.7. The molecule has 2 aliphatic rings. The molecule has 1 atom stereocenters. The average molecular weight is 404 g/mol. The highest BCUT2D eigenvalue weighted by atomic mass is 16.5. The molecule has 2 aliphatic heterocycles. The maximum Gasteiger partial charge on any atom is 0.191 e. The van der Waals surface area contributed by atoms with E-state index in [0.29, 0.717) is 13.2 Å². The molecule has 162 valence electrons. The molecular weight excluding hydrogens is 366 g/mol. The van der Waals surface area contributed by atoms with Crippen molar-refractivity contribution in [1.29, 1.82) is 0 Å². The third kappa shape index (κ3) is 6.24. The van der Waals surface area contributed by atoms with E-state index in [1.165, 1.54) is 25.1 Å². The molecule has 0 bridgehead atoms. The number of rotatable bonds is 7. The van der Waals surface area contributed by atoms with Crippen molar-refractivity contribution in [2.75, 3.05) is 60.0 Å². The number of aliphatic imine (C=N–C) groups is 1. The number of hydrogen-bond donors (Lipinski definition) is 2. The molecule has 7 heteroatoms. The Kier molecular flexibility index (Phi) is 8.00.